The molecule has 4 nitrogen and oxygen atoms in total. The second-order valence-electron chi connectivity index (χ2n) is 6.41. The van der Waals surface area contributed by atoms with Crippen LogP contribution >= 0.6 is 11.3 Å². The zero-order valence-electron chi connectivity index (χ0n) is 12.1. The number of rotatable bonds is 3. The largest absolute Gasteiger partial charge is 0.346 e. The molecule has 2 N–H and O–H groups in total. The minimum atomic E-state index is 0.660. The van der Waals surface area contributed by atoms with E-state index >= 15 is 0 Å². The first-order valence-electron chi connectivity index (χ1n) is 8.04. The molecule has 1 saturated carbocycles. The Balaban J connectivity index is 1.56. The lowest BCUT2D eigenvalue weighted by molar-refractivity contribution is 0.273. The van der Waals surface area contributed by atoms with Crippen molar-refractivity contribution in [3.05, 3.63) is 10.6 Å². The summed E-state index contributed by atoms with van der Waals surface area (Å²) in [6, 6.07) is 0.757. The van der Waals surface area contributed by atoms with Gasteiger partial charge in [-0.25, -0.2) is 4.98 Å². The summed E-state index contributed by atoms with van der Waals surface area (Å²) in [5.74, 6) is 0.716. The smallest absolute Gasteiger partial charge is 0.185 e. The van der Waals surface area contributed by atoms with Crippen molar-refractivity contribution >= 4 is 16.5 Å². The third kappa shape index (κ3) is 2.36. The normalized spacial score (nSPS) is 27.6. The molecule has 1 aromatic heterocycles. The van der Waals surface area contributed by atoms with Crippen LogP contribution in [0.15, 0.2) is 0 Å². The van der Waals surface area contributed by atoms with Gasteiger partial charge in [-0.2, -0.15) is 0 Å². The Labute approximate surface area is 125 Å². The number of aromatic nitrogens is 1. The maximum atomic E-state index is 5.92. The zero-order valence-corrected chi connectivity index (χ0v) is 12.9. The van der Waals surface area contributed by atoms with Crippen molar-refractivity contribution in [1.29, 1.82) is 0 Å². The number of fused-ring (bicyclic) bond motifs is 1. The monoisotopic (exact) mass is 292 g/mol. The fourth-order valence-electron chi connectivity index (χ4n) is 3.69. The number of nitrogens with zero attached hydrogens (tertiary/aromatic N) is 3. The van der Waals surface area contributed by atoms with Gasteiger partial charge in [0.05, 0.1) is 5.69 Å². The topological polar surface area (TPSA) is 45.4 Å². The van der Waals surface area contributed by atoms with Crippen molar-refractivity contribution in [3.8, 4) is 0 Å². The van der Waals surface area contributed by atoms with Crippen LogP contribution in [0.3, 0.4) is 0 Å². The van der Waals surface area contributed by atoms with E-state index in [1.807, 2.05) is 11.3 Å². The molecule has 2 saturated heterocycles. The molecule has 20 heavy (non-hydrogen) atoms. The van der Waals surface area contributed by atoms with E-state index < -0.39 is 0 Å². The summed E-state index contributed by atoms with van der Waals surface area (Å²) in [5.41, 5.74) is 7.24. The van der Waals surface area contributed by atoms with E-state index in [-0.39, 0.29) is 0 Å². The molecule has 0 bridgehead atoms. The number of hydrogen-bond acceptors (Lipinski definition) is 5. The zero-order chi connectivity index (χ0) is 13.5. The summed E-state index contributed by atoms with van der Waals surface area (Å²) in [5, 5.41) is 1.24. The number of thiazole rings is 1. The molecule has 5 heteroatoms. The van der Waals surface area contributed by atoms with Crippen LogP contribution in [0, 0.1) is 0 Å². The van der Waals surface area contributed by atoms with E-state index in [0.29, 0.717) is 12.5 Å². The van der Waals surface area contributed by atoms with Gasteiger partial charge >= 0.3 is 0 Å². The van der Waals surface area contributed by atoms with Crippen molar-refractivity contribution in [2.24, 2.45) is 5.73 Å². The molecule has 1 aliphatic carbocycles. The molecule has 110 valence electrons. The Morgan fingerprint density at radius 3 is 2.80 bits per heavy atom. The van der Waals surface area contributed by atoms with Crippen molar-refractivity contribution < 1.29 is 0 Å². The highest BCUT2D eigenvalue weighted by Crippen LogP contribution is 2.44. The summed E-state index contributed by atoms with van der Waals surface area (Å²) in [6.07, 6.45) is 6.63. The summed E-state index contributed by atoms with van der Waals surface area (Å²) < 4.78 is 0. The molecule has 3 aliphatic rings. The highest BCUT2D eigenvalue weighted by Gasteiger charge is 2.33. The van der Waals surface area contributed by atoms with Gasteiger partial charge in [0.1, 0.15) is 0 Å². The predicted octanol–water partition coefficient (Wildman–Crippen LogP) is 2.15. The molecule has 4 rings (SSSR count). The second-order valence-corrected chi connectivity index (χ2v) is 7.48. The molecule has 0 spiro atoms. The third-order valence-corrected chi connectivity index (χ3v) is 6.09. The van der Waals surface area contributed by atoms with E-state index in [1.165, 1.54) is 67.4 Å². The number of nitrogens with two attached hydrogens (primary N) is 1. The highest BCUT2D eigenvalue weighted by atomic mass is 32.1. The lowest BCUT2D eigenvalue weighted by Crippen LogP contribution is -2.36. The summed E-state index contributed by atoms with van der Waals surface area (Å²) >= 11 is 1.85. The molecule has 0 radical (unpaired) electrons. The maximum absolute atomic E-state index is 5.92. The first-order chi connectivity index (χ1) is 9.85. The Morgan fingerprint density at radius 1 is 1.15 bits per heavy atom. The van der Waals surface area contributed by atoms with Gasteiger partial charge in [-0.3, -0.25) is 4.90 Å². The van der Waals surface area contributed by atoms with Crippen LogP contribution in [0.1, 0.15) is 48.6 Å². The molecule has 0 aromatic carbocycles. The minimum absolute atomic E-state index is 0.660. The van der Waals surface area contributed by atoms with Gasteiger partial charge in [-0.1, -0.05) is 0 Å². The van der Waals surface area contributed by atoms with E-state index in [2.05, 4.69) is 9.80 Å². The highest BCUT2D eigenvalue weighted by molar-refractivity contribution is 7.15. The standard InChI is InChI=1S/C15H24N4S/c16-9-13-14(11-4-5-11)17-15(20-13)19-8-2-7-18-6-1-3-12(18)10-19/h11-12H,1-10,16H2. The predicted molar refractivity (Wildman–Crippen MR) is 83.4 cm³/mol. The molecular formula is C15H24N4S. The van der Waals surface area contributed by atoms with E-state index in [4.69, 9.17) is 10.7 Å². The fourth-order valence-corrected chi connectivity index (χ4v) is 4.75. The quantitative estimate of drug-likeness (QED) is 0.927. The minimum Gasteiger partial charge on any atom is -0.346 e. The first kappa shape index (κ1) is 13.0. The lowest BCUT2D eigenvalue weighted by atomic mass is 10.2. The Morgan fingerprint density at radius 2 is 2.00 bits per heavy atom. The van der Waals surface area contributed by atoms with Crippen LogP contribution in [0.5, 0.6) is 0 Å². The average Bonchev–Trinajstić information content (AvgIpc) is 3.13. The van der Waals surface area contributed by atoms with Crippen LogP contribution in [0.4, 0.5) is 5.13 Å². The van der Waals surface area contributed by atoms with Gasteiger partial charge in [0.2, 0.25) is 0 Å². The van der Waals surface area contributed by atoms with Gasteiger partial charge in [0, 0.05) is 43.0 Å². The summed E-state index contributed by atoms with van der Waals surface area (Å²) in [4.78, 5) is 11.5. The van der Waals surface area contributed by atoms with E-state index in [1.54, 1.807) is 0 Å². The molecule has 1 unspecified atom stereocenters. The van der Waals surface area contributed by atoms with Crippen molar-refractivity contribution in [2.75, 3.05) is 31.1 Å². The van der Waals surface area contributed by atoms with Crippen molar-refractivity contribution in [2.45, 2.75) is 50.6 Å². The summed E-state index contributed by atoms with van der Waals surface area (Å²) in [7, 11) is 0. The third-order valence-electron chi connectivity index (χ3n) is 4.94. The molecule has 3 fully saturated rings. The van der Waals surface area contributed by atoms with Crippen molar-refractivity contribution in [3.63, 3.8) is 0 Å². The Bertz CT molecular complexity index is 482. The number of hydrogen-bond donors (Lipinski definition) is 1. The van der Waals surface area contributed by atoms with Crippen LogP contribution in [0.2, 0.25) is 0 Å². The average molecular weight is 292 g/mol. The fraction of sp³-hybridized carbons (Fsp3) is 0.800. The van der Waals surface area contributed by atoms with Gasteiger partial charge in [-0.05, 0) is 38.6 Å². The number of anilines is 1. The van der Waals surface area contributed by atoms with Crippen LogP contribution < -0.4 is 10.6 Å². The van der Waals surface area contributed by atoms with Crippen molar-refractivity contribution in [1.82, 2.24) is 9.88 Å². The van der Waals surface area contributed by atoms with E-state index in [9.17, 15) is 0 Å². The van der Waals surface area contributed by atoms with Gasteiger partial charge in [0.15, 0.2) is 5.13 Å². The Hall–Kier alpha value is -0.650. The molecule has 0 amide bonds. The van der Waals surface area contributed by atoms with Gasteiger partial charge < -0.3 is 10.6 Å². The SMILES string of the molecule is NCc1sc(N2CCCN3CCCC3C2)nc1C1CC1. The van der Waals surface area contributed by atoms with E-state index in [0.717, 1.165) is 12.6 Å². The maximum Gasteiger partial charge on any atom is 0.185 e. The lowest BCUT2D eigenvalue weighted by Gasteiger charge is -2.25. The molecule has 3 heterocycles. The molecule has 1 atom stereocenters. The molecular weight excluding hydrogens is 268 g/mol. The molecule has 2 aliphatic heterocycles. The van der Waals surface area contributed by atoms with Crippen LogP contribution in [-0.2, 0) is 6.54 Å². The van der Waals surface area contributed by atoms with Gasteiger partial charge in [-0.15, -0.1) is 11.3 Å². The van der Waals surface area contributed by atoms with Crippen LogP contribution in [0.25, 0.3) is 0 Å². The Kier molecular flexibility index (Phi) is 3.44. The van der Waals surface area contributed by atoms with Gasteiger partial charge in [0.25, 0.3) is 0 Å². The van der Waals surface area contributed by atoms with Crippen LogP contribution in [-0.4, -0.2) is 42.1 Å². The molecule has 1 aromatic rings. The second kappa shape index (κ2) is 5.28. The summed E-state index contributed by atoms with van der Waals surface area (Å²) in [6.45, 7) is 5.56. The first-order valence-corrected chi connectivity index (χ1v) is 8.85.